The first kappa shape index (κ1) is 24.7. The van der Waals surface area contributed by atoms with E-state index in [0.29, 0.717) is 26.4 Å². The largest absolute Gasteiger partial charge is 0.494 e. The normalized spacial score (nSPS) is 14.5. The molecule has 0 saturated carbocycles. The van der Waals surface area contributed by atoms with Crippen molar-refractivity contribution in [2.45, 2.75) is 18.4 Å². The molecule has 33 heavy (non-hydrogen) atoms. The molecular formula is C23H28N2O7S. The SMILES string of the molecule is CCOc1ccc(CN(C)C(=O)COC(=O)c2cccc(S(=O)(=O)N3CCOCC3)c2)cc1. The molecule has 9 nitrogen and oxygen atoms in total. The Morgan fingerprint density at radius 3 is 2.45 bits per heavy atom. The molecule has 1 aliphatic rings. The Kier molecular flexibility index (Phi) is 8.43. The summed E-state index contributed by atoms with van der Waals surface area (Å²) in [5, 5.41) is 0. The summed E-state index contributed by atoms with van der Waals surface area (Å²) in [5.74, 6) is -0.395. The van der Waals surface area contributed by atoms with E-state index in [-0.39, 0.29) is 29.5 Å². The Morgan fingerprint density at radius 2 is 1.79 bits per heavy atom. The maximum Gasteiger partial charge on any atom is 0.338 e. The highest BCUT2D eigenvalue weighted by molar-refractivity contribution is 7.89. The average molecular weight is 477 g/mol. The van der Waals surface area contributed by atoms with Gasteiger partial charge in [-0.1, -0.05) is 18.2 Å². The van der Waals surface area contributed by atoms with Gasteiger partial charge in [-0.25, -0.2) is 13.2 Å². The molecule has 0 radical (unpaired) electrons. The molecule has 0 N–H and O–H groups in total. The highest BCUT2D eigenvalue weighted by atomic mass is 32.2. The highest BCUT2D eigenvalue weighted by Gasteiger charge is 2.27. The lowest BCUT2D eigenvalue weighted by Crippen LogP contribution is -2.40. The molecule has 2 aromatic carbocycles. The lowest BCUT2D eigenvalue weighted by Gasteiger charge is -2.26. The zero-order valence-corrected chi connectivity index (χ0v) is 19.5. The maximum absolute atomic E-state index is 12.8. The van der Waals surface area contributed by atoms with Crippen LogP contribution in [0.25, 0.3) is 0 Å². The monoisotopic (exact) mass is 476 g/mol. The van der Waals surface area contributed by atoms with E-state index in [9.17, 15) is 18.0 Å². The molecule has 178 valence electrons. The van der Waals surface area contributed by atoms with E-state index >= 15 is 0 Å². The predicted octanol–water partition coefficient (Wildman–Crippen LogP) is 1.92. The minimum absolute atomic E-state index is 0.00204. The Balaban J connectivity index is 1.56. The number of amides is 1. The number of carbonyl (C=O) groups is 2. The highest BCUT2D eigenvalue weighted by Crippen LogP contribution is 2.19. The summed E-state index contributed by atoms with van der Waals surface area (Å²) < 4.78 is 42.6. The summed E-state index contributed by atoms with van der Waals surface area (Å²) in [6, 6.07) is 13.0. The average Bonchev–Trinajstić information content (AvgIpc) is 2.84. The molecule has 0 atom stereocenters. The van der Waals surface area contributed by atoms with Gasteiger partial charge in [0.15, 0.2) is 6.61 Å². The third-order valence-corrected chi connectivity index (χ3v) is 6.98. The first-order valence-electron chi connectivity index (χ1n) is 10.6. The summed E-state index contributed by atoms with van der Waals surface area (Å²) >= 11 is 0. The standard InChI is InChI=1S/C23H28N2O7S/c1-3-31-20-9-7-18(8-10-20)16-24(2)22(26)17-32-23(27)19-5-4-6-21(15-19)33(28,29)25-11-13-30-14-12-25/h4-10,15H,3,11-14,16-17H2,1-2H3. The molecule has 1 fully saturated rings. The second-order valence-corrected chi connectivity index (χ2v) is 9.39. The van der Waals surface area contributed by atoms with Gasteiger partial charge in [-0.15, -0.1) is 0 Å². The van der Waals surface area contributed by atoms with Crippen LogP contribution in [-0.4, -0.2) is 76.1 Å². The van der Waals surface area contributed by atoms with E-state index in [4.69, 9.17) is 14.2 Å². The lowest BCUT2D eigenvalue weighted by atomic mass is 10.2. The number of likely N-dealkylation sites (N-methyl/N-ethyl adjacent to an activating group) is 1. The number of hydrogen-bond acceptors (Lipinski definition) is 7. The lowest BCUT2D eigenvalue weighted by molar-refractivity contribution is -0.133. The summed E-state index contributed by atoms with van der Waals surface area (Å²) in [6.07, 6.45) is 0. The van der Waals surface area contributed by atoms with Gasteiger partial charge in [-0.05, 0) is 42.8 Å². The quantitative estimate of drug-likeness (QED) is 0.510. The van der Waals surface area contributed by atoms with Crippen molar-refractivity contribution < 1.29 is 32.2 Å². The zero-order valence-electron chi connectivity index (χ0n) is 18.7. The first-order chi connectivity index (χ1) is 15.8. The van der Waals surface area contributed by atoms with Crippen LogP contribution in [0.4, 0.5) is 0 Å². The van der Waals surface area contributed by atoms with Crippen LogP contribution in [0.15, 0.2) is 53.4 Å². The molecule has 0 aromatic heterocycles. The van der Waals surface area contributed by atoms with Crippen molar-refractivity contribution in [1.29, 1.82) is 0 Å². The van der Waals surface area contributed by atoms with E-state index in [1.54, 1.807) is 7.05 Å². The van der Waals surface area contributed by atoms with Crippen LogP contribution in [0.3, 0.4) is 0 Å². The molecule has 0 bridgehead atoms. The Labute approximate surface area is 193 Å². The minimum Gasteiger partial charge on any atom is -0.494 e. The molecule has 0 aliphatic carbocycles. The van der Waals surface area contributed by atoms with Gasteiger partial charge in [0.05, 0.1) is 30.3 Å². The van der Waals surface area contributed by atoms with Crippen molar-refractivity contribution in [2.24, 2.45) is 0 Å². The minimum atomic E-state index is -3.74. The van der Waals surface area contributed by atoms with E-state index in [1.165, 1.54) is 33.5 Å². The molecular weight excluding hydrogens is 448 g/mol. The molecule has 10 heteroatoms. The summed E-state index contributed by atoms with van der Waals surface area (Å²) in [5.41, 5.74) is 0.966. The Bertz CT molecular complexity index is 1060. The van der Waals surface area contributed by atoms with Gasteiger partial charge in [0, 0.05) is 26.7 Å². The van der Waals surface area contributed by atoms with Crippen LogP contribution in [0.1, 0.15) is 22.8 Å². The third kappa shape index (κ3) is 6.53. The van der Waals surface area contributed by atoms with Gasteiger partial charge in [0.25, 0.3) is 5.91 Å². The van der Waals surface area contributed by atoms with E-state index in [2.05, 4.69) is 0 Å². The molecule has 1 aliphatic heterocycles. The fourth-order valence-electron chi connectivity index (χ4n) is 3.26. The number of rotatable bonds is 9. The fourth-order valence-corrected chi connectivity index (χ4v) is 4.71. The number of ether oxygens (including phenoxy) is 3. The van der Waals surface area contributed by atoms with Crippen LogP contribution < -0.4 is 4.74 Å². The first-order valence-corrected chi connectivity index (χ1v) is 12.1. The summed E-state index contributed by atoms with van der Waals surface area (Å²) in [4.78, 5) is 26.3. The van der Waals surface area contributed by atoms with Gasteiger partial charge in [0.1, 0.15) is 5.75 Å². The van der Waals surface area contributed by atoms with Crippen LogP contribution >= 0.6 is 0 Å². The smallest absolute Gasteiger partial charge is 0.338 e. The molecule has 1 amide bonds. The molecule has 3 rings (SSSR count). The molecule has 1 saturated heterocycles. The van der Waals surface area contributed by atoms with Crippen molar-refractivity contribution in [2.75, 3.05) is 46.6 Å². The Hall–Kier alpha value is -2.95. The van der Waals surface area contributed by atoms with Crippen molar-refractivity contribution in [3.8, 4) is 5.75 Å². The number of hydrogen-bond donors (Lipinski definition) is 0. The third-order valence-electron chi connectivity index (χ3n) is 5.08. The van der Waals surface area contributed by atoms with E-state index in [1.807, 2.05) is 31.2 Å². The van der Waals surface area contributed by atoms with Gasteiger partial charge < -0.3 is 19.1 Å². The van der Waals surface area contributed by atoms with Crippen molar-refractivity contribution in [1.82, 2.24) is 9.21 Å². The van der Waals surface area contributed by atoms with Crippen LogP contribution in [-0.2, 0) is 30.8 Å². The van der Waals surface area contributed by atoms with Crippen LogP contribution in [0.2, 0.25) is 0 Å². The van der Waals surface area contributed by atoms with Gasteiger partial charge in [-0.3, -0.25) is 4.79 Å². The number of nitrogens with zero attached hydrogens (tertiary/aromatic N) is 2. The van der Waals surface area contributed by atoms with Gasteiger partial charge in [-0.2, -0.15) is 4.31 Å². The molecule has 1 heterocycles. The number of benzene rings is 2. The van der Waals surface area contributed by atoms with Gasteiger partial charge >= 0.3 is 5.97 Å². The number of carbonyl (C=O) groups excluding carboxylic acids is 2. The molecule has 2 aromatic rings. The Morgan fingerprint density at radius 1 is 1.09 bits per heavy atom. The number of esters is 1. The van der Waals surface area contributed by atoms with Crippen molar-refractivity contribution in [3.63, 3.8) is 0 Å². The van der Waals surface area contributed by atoms with Crippen molar-refractivity contribution >= 4 is 21.9 Å². The molecule has 0 spiro atoms. The number of morpholine rings is 1. The second-order valence-electron chi connectivity index (χ2n) is 7.45. The number of sulfonamides is 1. The summed E-state index contributed by atoms with van der Waals surface area (Å²) in [7, 11) is -2.13. The molecule has 0 unspecified atom stereocenters. The van der Waals surface area contributed by atoms with E-state index < -0.39 is 22.6 Å². The topological polar surface area (TPSA) is 102 Å². The van der Waals surface area contributed by atoms with Gasteiger partial charge in [0.2, 0.25) is 10.0 Å². The second kappa shape index (κ2) is 11.3. The summed E-state index contributed by atoms with van der Waals surface area (Å²) in [6.45, 7) is 3.54. The van der Waals surface area contributed by atoms with Crippen LogP contribution in [0, 0.1) is 0 Å². The zero-order chi connectivity index (χ0) is 23.8. The van der Waals surface area contributed by atoms with Crippen LogP contribution in [0.5, 0.6) is 5.75 Å². The fraction of sp³-hybridized carbons (Fsp3) is 0.391. The van der Waals surface area contributed by atoms with E-state index in [0.717, 1.165) is 11.3 Å². The van der Waals surface area contributed by atoms with Crippen molar-refractivity contribution in [3.05, 3.63) is 59.7 Å². The maximum atomic E-state index is 12.8. The predicted molar refractivity (Wildman–Crippen MR) is 120 cm³/mol.